The number of allylic oxidation sites excluding steroid dienone is 4. The first-order valence-corrected chi connectivity index (χ1v) is 22.3. The lowest BCUT2D eigenvalue weighted by Crippen LogP contribution is -2.10. The molecule has 1 aliphatic rings. The highest BCUT2D eigenvalue weighted by atomic mass is 15.1. The van der Waals surface area contributed by atoms with E-state index in [1.54, 1.807) is 0 Å². The van der Waals surface area contributed by atoms with Gasteiger partial charge in [-0.3, -0.25) is 0 Å². The minimum Gasteiger partial charge on any atom is -0.310 e. The van der Waals surface area contributed by atoms with Crippen molar-refractivity contribution in [3.05, 3.63) is 272 Å². The third kappa shape index (κ3) is 8.58. The lowest BCUT2D eigenvalue weighted by Gasteiger charge is -2.27. The van der Waals surface area contributed by atoms with Crippen LogP contribution in [0, 0.1) is 6.92 Å². The third-order valence-electron chi connectivity index (χ3n) is 12.2. The Kier molecular flexibility index (Phi) is 11.6. The number of anilines is 3. The molecule has 1 aliphatic carbocycles. The van der Waals surface area contributed by atoms with E-state index in [2.05, 4.69) is 267 Å². The molecule has 0 saturated carbocycles. The Balaban J connectivity index is 0.000000224. The van der Waals surface area contributed by atoms with Crippen LogP contribution < -0.4 is 4.90 Å². The molecule has 1 heteroatoms. The van der Waals surface area contributed by atoms with Crippen LogP contribution in [0.2, 0.25) is 0 Å². The van der Waals surface area contributed by atoms with E-state index in [0.717, 1.165) is 29.9 Å². The van der Waals surface area contributed by atoms with Crippen LogP contribution in [0.15, 0.2) is 260 Å². The molecule has 0 radical (unpaired) electrons. The van der Waals surface area contributed by atoms with Gasteiger partial charge in [0.2, 0.25) is 0 Å². The summed E-state index contributed by atoms with van der Waals surface area (Å²) in [5.41, 5.74) is 17.4. The summed E-state index contributed by atoms with van der Waals surface area (Å²) in [7, 11) is 0. The Hall–Kier alpha value is -8.00. The fraction of sp³-hybridized carbons (Fsp3) is 0.0476. The molecule has 0 fully saturated rings. The van der Waals surface area contributed by atoms with E-state index in [9.17, 15) is 0 Å². The van der Waals surface area contributed by atoms with Crippen LogP contribution in [0.1, 0.15) is 17.5 Å². The zero-order chi connectivity index (χ0) is 43.1. The number of benzene rings is 10. The molecule has 0 N–H and O–H groups in total. The first-order chi connectivity index (χ1) is 31.7. The van der Waals surface area contributed by atoms with Crippen molar-refractivity contribution in [3.63, 3.8) is 0 Å². The van der Waals surface area contributed by atoms with E-state index in [1.165, 1.54) is 82.8 Å². The summed E-state index contributed by atoms with van der Waals surface area (Å²) in [4.78, 5) is 2.37. The number of aryl methyl sites for hydroxylation is 1. The van der Waals surface area contributed by atoms with Crippen molar-refractivity contribution >= 4 is 38.6 Å². The number of nitrogens with zero attached hydrogens (tertiary/aromatic N) is 1. The van der Waals surface area contributed by atoms with E-state index < -0.39 is 0 Å². The average molecular weight is 820 g/mol. The summed E-state index contributed by atoms with van der Waals surface area (Å²) in [6.07, 6.45) is 8.88. The van der Waals surface area contributed by atoms with Gasteiger partial charge < -0.3 is 4.90 Å². The van der Waals surface area contributed by atoms with E-state index in [1.807, 2.05) is 0 Å². The van der Waals surface area contributed by atoms with Crippen molar-refractivity contribution in [2.75, 3.05) is 4.90 Å². The van der Waals surface area contributed by atoms with E-state index in [-0.39, 0.29) is 0 Å². The lowest BCUT2D eigenvalue weighted by atomic mass is 9.85. The minimum atomic E-state index is 1.05. The molecule has 0 spiro atoms. The van der Waals surface area contributed by atoms with Gasteiger partial charge >= 0.3 is 0 Å². The molecule has 64 heavy (non-hydrogen) atoms. The second kappa shape index (κ2) is 18.5. The Bertz CT molecular complexity index is 3210. The molecule has 0 heterocycles. The Morgan fingerprint density at radius 3 is 1.30 bits per heavy atom. The van der Waals surface area contributed by atoms with Crippen molar-refractivity contribution in [3.8, 4) is 44.5 Å². The van der Waals surface area contributed by atoms with Crippen LogP contribution >= 0.6 is 0 Å². The van der Waals surface area contributed by atoms with Crippen LogP contribution in [-0.2, 0) is 6.42 Å². The fourth-order valence-corrected chi connectivity index (χ4v) is 9.08. The molecule has 0 unspecified atom stereocenters. The van der Waals surface area contributed by atoms with Gasteiger partial charge in [0.1, 0.15) is 0 Å². The molecule has 10 aromatic carbocycles. The van der Waals surface area contributed by atoms with Crippen LogP contribution in [-0.4, -0.2) is 0 Å². The largest absolute Gasteiger partial charge is 0.310 e. The van der Waals surface area contributed by atoms with Gasteiger partial charge in [-0.2, -0.15) is 0 Å². The molecule has 0 saturated heterocycles. The second-order valence-corrected chi connectivity index (χ2v) is 16.5. The van der Waals surface area contributed by atoms with Gasteiger partial charge in [0, 0.05) is 17.1 Å². The fourth-order valence-electron chi connectivity index (χ4n) is 9.08. The highest BCUT2D eigenvalue weighted by Gasteiger charge is 2.20. The Morgan fingerprint density at radius 2 is 0.781 bits per heavy atom. The molecule has 0 aromatic heterocycles. The predicted molar refractivity (Wildman–Crippen MR) is 275 cm³/mol. The molecule has 11 rings (SSSR count). The monoisotopic (exact) mass is 819 g/mol. The number of fused-ring (bicyclic) bond motifs is 2. The molecular formula is C63H49N. The highest BCUT2D eigenvalue weighted by Crippen LogP contribution is 2.46. The van der Waals surface area contributed by atoms with Gasteiger partial charge in [0.15, 0.2) is 0 Å². The number of rotatable bonds is 9. The first-order valence-electron chi connectivity index (χ1n) is 22.3. The van der Waals surface area contributed by atoms with Crippen LogP contribution in [0.5, 0.6) is 0 Å². The Labute approximate surface area is 377 Å². The Morgan fingerprint density at radius 1 is 0.359 bits per heavy atom. The zero-order valence-corrected chi connectivity index (χ0v) is 36.1. The molecule has 306 valence electrons. The molecule has 0 aliphatic heterocycles. The van der Waals surface area contributed by atoms with Gasteiger partial charge in [-0.25, -0.2) is 0 Å². The molecule has 10 aromatic rings. The van der Waals surface area contributed by atoms with Crippen molar-refractivity contribution in [1.29, 1.82) is 0 Å². The smallest absolute Gasteiger partial charge is 0.0468 e. The lowest BCUT2D eigenvalue weighted by molar-refractivity contribution is 1.20. The highest BCUT2D eigenvalue weighted by molar-refractivity contribution is 6.22. The minimum absolute atomic E-state index is 1.05. The molecule has 1 nitrogen and oxygen atoms in total. The van der Waals surface area contributed by atoms with Gasteiger partial charge in [-0.05, 0) is 133 Å². The SMILES string of the molecule is C1=CC(Cc2ccc(-c3ccccc3)cc2)=CC1.Cc1ccc2c(-c3ccccc3)c3cc(N(c4ccccc4)c4ccc(-c5ccccc5)cc4)ccc3c(-c3ccccc3)c2c1. The maximum absolute atomic E-state index is 2.39. The van der Waals surface area contributed by atoms with Gasteiger partial charge in [-0.1, -0.05) is 224 Å². The summed E-state index contributed by atoms with van der Waals surface area (Å²) < 4.78 is 0. The zero-order valence-electron chi connectivity index (χ0n) is 36.1. The van der Waals surface area contributed by atoms with Gasteiger partial charge in [0.05, 0.1) is 0 Å². The third-order valence-corrected chi connectivity index (χ3v) is 12.2. The van der Waals surface area contributed by atoms with Crippen molar-refractivity contribution in [2.24, 2.45) is 0 Å². The molecule has 0 amide bonds. The maximum atomic E-state index is 2.39. The van der Waals surface area contributed by atoms with Crippen molar-refractivity contribution in [1.82, 2.24) is 0 Å². The van der Waals surface area contributed by atoms with Crippen molar-refractivity contribution in [2.45, 2.75) is 19.8 Å². The summed E-state index contributed by atoms with van der Waals surface area (Å²) >= 11 is 0. The van der Waals surface area contributed by atoms with Crippen molar-refractivity contribution < 1.29 is 0 Å². The van der Waals surface area contributed by atoms with Crippen LogP contribution in [0.25, 0.3) is 66.1 Å². The van der Waals surface area contributed by atoms with Crippen LogP contribution in [0.4, 0.5) is 17.1 Å². The number of hydrogen-bond acceptors (Lipinski definition) is 1. The topological polar surface area (TPSA) is 3.24 Å². The molecular weight excluding hydrogens is 771 g/mol. The first kappa shape index (κ1) is 40.1. The standard InChI is InChI=1S/C45H33N.C18H16/c1-32-22-28-40-42(30-32)44(35-16-8-3-9-17-35)41-29-27-39(31-43(41)45(40)36-18-10-4-11-19-36)46(37-20-12-5-13-21-37)38-25-23-34(24-26-38)33-14-6-2-7-15-33;1-2-8-17(9-3-1)18-12-10-16(11-13-18)14-15-6-4-5-7-15/h2-31H,1H3;1-4,6-13H,5,14H2. The normalized spacial score (nSPS) is 11.9. The molecule has 0 atom stereocenters. The quantitative estimate of drug-likeness (QED) is 0.131. The summed E-state index contributed by atoms with van der Waals surface area (Å²) in [6.45, 7) is 2.19. The summed E-state index contributed by atoms with van der Waals surface area (Å²) in [5, 5.41) is 5.03. The van der Waals surface area contributed by atoms with E-state index in [4.69, 9.17) is 0 Å². The predicted octanol–water partition coefficient (Wildman–Crippen LogP) is 17.6. The number of para-hydroxylation sites is 1. The van der Waals surface area contributed by atoms with E-state index >= 15 is 0 Å². The summed E-state index contributed by atoms with van der Waals surface area (Å²) in [6, 6.07) is 85.1. The van der Waals surface area contributed by atoms with Crippen LogP contribution in [0.3, 0.4) is 0 Å². The number of hydrogen-bond donors (Lipinski definition) is 0. The van der Waals surface area contributed by atoms with Gasteiger partial charge in [0.25, 0.3) is 0 Å². The summed E-state index contributed by atoms with van der Waals surface area (Å²) in [5.74, 6) is 0. The second-order valence-electron chi connectivity index (χ2n) is 16.5. The van der Waals surface area contributed by atoms with Gasteiger partial charge in [-0.15, -0.1) is 0 Å². The van der Waals surface area contributed by atoms with E-state index in [0.29, 0.717) is 0 Å². The average Bonchev–Trinajstić information content (AvgIpc) is 3.88. The molecule has 0 bridgehead atoms. The maximum Gasteiger partial charge on any atom is 0.0468 e.